The summed E-state index contributed by atoms with van der Waals surface area (Å²) >= 11 is 0. The highest BCUT2D eigenvalue weighted by Crippen LogP contribution is 2.04. The van der Waals surface area contributed by atoms with E-state index in [-0.39, 0.29) is 5.91 Å². The fraction of sp³-hybridized carbons (Fsp3) is 0.857. The molecule has 0 spiro atoms. The predicted octanol–water partition coefficient (Wildman–Crippen LogP) is 2.16. The van der Waals surface area contributed by atoms with Gasteiger partial charge in [0.1, 0.15) is 0 Å². The van der Waals surface area contributed by atoms with Crippen LogP contribution in [0, 0.1) is 17.2 Å². The van der Waals surface area contributed by atoms with Gasteiger partial charge in [0.2, 0.25) is 5.91 Å². The molecule has 1 N–H and O–H groups in total. The Kier molecular flexibility index (Phi) is 9.31. The minimum atomic E-state index is 0.171. The number of nitriles is 1. The zero-order valence-corrected chi connectivity index (χ0v) is 12.2. The van der Waals surface area contributed by atoms with Crippen LogP contribution in [-0.4, -0.2) is 36.5 Å². The number of carbonyl (C=O) groups excluding carboxylic acids is 1. The molecule has 4 nitrogen and oxygen atoms in total. The molecule has 0 aromatic rings. The van der Waals surface area contributed by atoms with Crippen LogP contribution in [0.15, 0.2) is 0 Å². The maximum Gasteiger partial charge on any atom is 0.222 e. The lowest BCUT2D eigenvalue weighted by Crippen LogP contribution is -2.35. The number of amides is 1. The van der Waals surface area contributed by atoms with Crippen molar-refractivity contribution >= 4 is 5.91 Å². The molecule has 18 heavy (non-hydrogen) atoms. The Morgan fingerprint density at radius 3 is 2.50 bits per heavy atom. The van der Waals surface area contributed by atoms with E-state index < -0.39 is 0 Å². The summed E-state index contributed by atoms with van der Waals surface area (Å²) < 4.78 is 0. The molecule has 0 bridgehead atoms. The van der Waals surface area contributed by atoms with Gasteiger partial charge >= 0.3 is 0 Å². The molecule has 0 rings (SSSR count). The summed E-state index contributed by atoms with van der Waals surface area (Å²) in [5.41, 5.74) is 0. The van der Waals surface area contributed by atoms with Crippen molar-refractivity contribution < 1.29 is 4.79 Å². The summed E-state index contributed by atoms with van der Waals surface area (Å²) in [6.07, 6.45) is 1.85. The summed E-state index contributed by atoms with van der Waals surface area (Å²) in [7, 11) is 0. The van der Waals surface area contributed by atoms with Crippen LogP contribution in [-0.2, 0) is 4.79 Å². The minimum Gasteiger partial charge on any atom is -0.341 e. The second-order valence-electron chi connectivity index (χ2n) is 5.35. The molecule has 0 fully saturated rings. The summed E-state index contributed by atoms with van der Waals surface area (Å²) in [5, 5.41) is 11.9. The van der Waals surface area contributed by atoms with Crippen molar-refractivity contribution in [3.8, 4) is 6.07 Å². The van der Waals surface area contributed by atoms with Gasteiger partial charge in [0, 0.05) is 25.6 Å². The van der Waals surface area contributed by atoms with Crippen molar-refractivity contribution in [3.63, 3.8) is 0 Å². The molecule has 0 aliphatic heterocycles. The monoisotopic (exact) mass is 253 g/mol. The van der Waals surface area contributed by atoms with Crippen LogP contribution in [0.25, 0.3) is 0 Å². The van der Waals surface area contributed by atoms with Crippen LogP contribution in [0.2, 0.25) is 0 Å². The van der Waals surface area contributed by atoms with Gasteiger partial charge < -0.3 is 10.2 Å². The number of nitrogens with one attached hydrogen (secondary N) is 1. The predicted molar refractivity (Wildman–Crippen MR) is 74.0 cm³/mol. The second-order valence-corrected chi connectivity index (χ2v) is 5.35. The van der Waals surface area contributed by atoms with E-state index in [2.05, 4.69) is 39.1 Å². The van der Waals surface area contributed by atoms with E-state index in [0.717, 1.165) is 19.5 Å². The Bertz CT molecular complexity index is 269. The standard InChI is InChI=1S/C14H27N3O/c1-12(2)11-17(10-6-8-15)14(18)7-5-9-16-13(3)4/h12-13,16H,5-7,9-11H2,1-4H3. The third kappa shape index (κ3) is 9.00. The van der Waals surface area contributed by atoms with Crippen LogP contribution in [0.4, 0.5) is 0 Å². The number of hydrogen-bond acceptors (Lipinski definition) is 3. The van der Waals surface area contributed by atoms with E-state index in [1.165, 1.54) is 0 Å². The molecule has 0 aromatic carbocycles. The van der Waals surface area contributed by atoms with E-state index >= 15 is 0 Å². The lowest BCUT2D eigenvalue weighted by molar-refractivity contribution is -0.131. The van der Waals surface area contributed by atoms with E-state index in [1.54, 1.807) is 0 Å². The highest BCUT2D eigenvalue weighted by Gasteiger charge is 2.13. The molecule has 0 heterocycles. The average molecular weight is 253 g/mol. The highest BCUT2D eigenvalue weighted by atomic mass is 16.2. The third-order valence-corrected chi connectivity index (χ3v) is 2.55. The zero-order valence-electron chi connectivity index (χ0n) is 12.2. The van der Waals surface area contributed by atoms with Gasteiger partial charge in [-0.2, -0.15) is 5.26 Å². The molecule has 0 unspecified atom stereocenters. The Morgan fingerprint density at radius 1 is 1.33 bits per heavy atom. The molecule has 0 radical (unpaired) electrons. The molecule has 0 aromatic heterocycles. The fourth-order valence-corrected chi connectivity index (χ4v) is 1.73. The van der Waals surface area contributed by atoms with Gasteiger partial charge in [-0.3, -0.25) is 4.79 Å². The van der Waals surface area contributed by atoms with Gasteiger partial charge in [-0.15, -0.1) is 0 Å². The van der Waals surface area contributed by atoms with Crippen LogP contribution in [0.5, 0.6) is 0 Å². The van der Waals surface area contributed by atoms with Gasteiger partial charge in [-0.05, 0) is 18.9 Å². The molecule has 1 amide bonds. The number of nitrogens with zero attached hydrogens (tertiary/aromatic N) is 2. The van der Waals surface area contributed by atoms with Gasteiger partial charge in [0.05, 0.1) is 12.5 Å². The first kappa shape index (κ1) is 16.9. The van der Waals surface area contributed by atoms with E-state index in [4.69, 9.17) is 5.26 Å². The third-order valence-electron chi connectivity index (χ3n) is 2.55. The number of carbonyl (C=O) groups is 1. The van der Waals surface area contributed by atoms with Crippen LogP contribution < -0.4 is 5.32 Å². The maximum atomic E-state index is 12.0. The van der Waals surface area contributed by atoms with Crippen molar-refractivity contribution in [1.82, 2.24) is 10.2 Å². The largest absolute Gasteiger partial charge is 0.341 e. The number of hydrogen-bond donors (Lipinski definition) is 1. The quantitative estimate of drug-likeness (QED) is 0.641. The molecular weight excluding hydrogens is 226 g/mol. The summed E-state index contributed by atoms with van der Waals surface area (Å²) in [4.78, 5) is 13.8. The van der Waals surface area contributed by atoms with Gasteiger partial charge in [-0.1, -0.05) is 27.7 Å². The average Bonchev–Trinajstić information content (AvgIpc) is 2.29. The van der Waals surface area contributed by atoms with Gasteiger partial charge in [0.25, 0.3) is 0 Å². The van der Waals surface area contributed by atoms with Crippen molar-refractivity contribution in [2.45, 2.75) is 53.0 Å². The Hall–Kier alpha value is -1.08. The second kappa shape index (κ2) is 9.90. The van der Waals surface area contributed by atoms with Crippen LogP contribution >= 0.6 is 0 Å². The Balaban J connectivity index is 4.00. The lowest BCUT2D eigenvalue weighted by atomic mass is 10.1. The first-order valence-corrected chi connectivity index (χ1v) is 6.85. The van der Waals surface area contributed by atoms with Crippen molar-refractivity contribution in [1.29, 1.82) is 5.26 Å². The van der Waals surface area contributed by atoms with E-state index in [9.17, 15) is 4.79 Å². The molecule has 0 saturated heterocycles. The Labute approximate surface area is 111 Å². The summed E-state index contributed by atoms with van der Waals surface area (Å²) in [6, 6.07) is 2.57. The fourth-order valence-electron chi connectivity index (χ4n) is 1.73. The maximum absolute atomic E-state index is 12.0. The SMILES string of the molecule is CC(C)CN(CCC#N)C(=O)CCCNC(C)C. The number of rotatable bonds is 9. The van der Waals surface area contributed by atoms with Crippen LogP contribution in [0.3, 0.4) is 0 Å². The zero-order chi connectivity index (χ0) is 14.0. The van der Waals surface area contributed by atoms with E-state index in [1.807, 2.05) is 4.90 Å². The minimum absolute atomic E-state index is 0.171. The van der Waals surface area contributed by atoms with E-state index in [0.29, 0.717) is 31.3 Å². The van der Waals surface area contributed by atoms with Gasteiger partial charge in [-0.25, -0.2) is 0 Å². The molecule has 4 heteroatoms. The molecule has 0 aliphatic rings. The summed E-state index contributed by atoms with van der Waals surface area (Å²) in [5.74, 6) is 0.617. The molecule has 0 atom stereocenters. The normalized spacial score (nSPS) is 10.7. The van der Waals surface area contributed by atoms with Crippen LogP contribution in [0.1, 0.15) is 47.0 Å². The smallest absolute Gasteiger partial charge is 0.222 e. The molecule has 104 valence electrons. The van der Waals surface area contributed by atoms with Crippen molar-refractivity contribution in [2.24, 2.45) is 5.92 Å². The van der Waals surface area contributed by atoms with Crippen molar-refractivity contribution in [2.75, 3.05) is 19.6 Å². The topological polar surface area (TPSA) is 56.1 Å². The summed E-state index contributed by atoms with van der Waals surface area (Å²) in [6.45, 7) is 10.6. The Morgan fingerprint density at radius 2 is 2.00 bits per heavy atom. The molecule has 0 saturated carbocycles. The van der Waals surface area contributed by atoms with Gasteiger partial charge in [0.15, 0.2) is 0 Å². The lowest BCUT2D eigenvalue weighted by Gasteiger charge is -2.23. The highest BCUT2D eigenvalue weighted by molar-refractivity contribution is 5.76. The molecular formula is C14H27N3O. The van der Waals surface area contributed by atoms with Crippen molar-refractivity contribution in [3.05, 3.63) is 0 Å². The first-order valence-electron chi connectivity index (χ1n) is 6.85. The first-order chi connectivity index (χ1) is 8.47. The molecule has 0 aliphatic carbocycles.